The normalized spacial score (nSPS) is 12.3. The van der Waals surface area contributed by atoms with Gasteiger partial charge in [0.05, 0.1) is 0 Å². The van der Waals surface area contributed by atoms with E-state index in [1.54, 1.807) is 0 Å². The van der Waals surface area contributed by atoms with Crippen molar-refractivity contribution >= 4 is 65.4 Å². The van der Waals surface area contributed by atoms with Crippen LogP contribution in [-0.2, 0) is 5.41 Å². The van der Waals surface area contributed by atoms with E-state index in [-0.39, 0.29) is 5.41 Å². The maximum Gasteiger partial charge on any atom is 0.164 e. The summed E-state index contributed by atoms with van der Waals surface area (Å²) in [5.74, 6) is 3.87. The van der Waals surface area contributed by atoms with Gasteiger partial charge < -0.3 is 8.83 Å². The monoisotopic (exact) mass is 1240 g/mol. The van der Waals surface area contributed by atoms with E-state index in [0.717, 1.165) is 105 Å². The largest absolute Gasteiger partial charge is 0.456 e. The second-order valence-electron chi connectivity index (χ2n) is 25.3. The number of nitrogens with zero attached hydrogens (tertiary/aromatic N) is 6. The molecule has 0 spiro atoms. The Morgan fingerprint density at radius 2 is 0.588 bits per heavy atom. The number of fused-ring (bicyclic) bond motifs is 13. The van der Waals surface area contributed by atoms with Crippen molar-refractivity contribution in [1.29, 1.82) is 0 Å². The molecule has 0 radical (unpaired) electrons. The number of furan rings is 2. The first-order valence-electron chi connectivity index (χ1n) is 32.7. The summed E-state index contributed by atoms with van der Waals surface area (Å²) in [4.78, 5) is 30.2. The Morgan fingerprint density at radius 1 is 0.216 bits per heavy atom. The van der Waals surface area contributed by atoms with Crippen LogP contribution in [0.25, 0.3) is 178 Å². The Hall–Kier alpha value is -12.8. The second kappa shape index (κ2) is 23.4. The minimum atomic E-state index is -0.122. The molecule has 1 aliphatic carbocycles. The van der Waals surface area contributed by atoms with Crippen molar-refractivity contribution in [3.05, 3.63) is 327 Å². The maximum absolute atomic E-state index is 6.21. The molecule has 0 saturated heterocycles. The Labute approximate surface area is 559 Å². The third kappa shape index (κ3) is 10.3. The molecule has 0 N–H and O–H groups in total. The van der Waals surface area contributed by atoms with Gasteiger partial charge in [0.1, 0.15) is 22.3 Å². The van der Waals surface area contributed by atoms with Crippen molar-refractivity contribution in [3.63, 3.8) is 0 Å². The van der Waals surface area contributed by atoms with Gasteiger partial charge in [0.25, 0.3) is 0 Å². The number of hydrogen-bond acceptors (Lipinski definition) is 8. The fraction of sp³-hybridized carbons (Fsp3) is 0.0337. The lowest BCUT2D eigenvalue weighted by molar-refractivity contribution is 0.660. The van der Waals surface area contributed by atoms with Crippen LogP contribution >= 0.6 is 0 Å². The molecule has 0 saturated carbocycles. The lowest BCUT2D eigenvalue weighted by Crippen LogP contribution is -2.15. The fourth-order valence-corrected chi connectivity index (χ4v) is 14.1. The van der Waals surface area contributed by atoms with Gasteiger partial charge in [-0.05, 0) is 132 Å². The van der Waals surface area contributed by atoms with Gasteiger partial charge in [-0.3, -0.25) is 0 Å². The number of hydrogen-bond donors (Lipinski definition) is 0. The van der Waals surface area contributed by atoms with Crippen molar-refractivity contribution in [1.82, 2.24) is 29.9 Å². The van der Waals surface area contributed by atoms with E-state index in [0.29, 0.717) is 34.9 Å². The molecule has 8 nitrogen and oxygen atoms in total. The molecule has 4 aromatic heterocycles. The molecule has 19 rings (SSSR count). The van der Waals surface area contributed by atoms with Crippen LogP contribution in [0.4, 0.5) is 0 Å². The lowest BCUT2D eigenvalue weighted by Gasteiger charge is -2.21. The van der Waals surface area contributed by atoms with Crippen LogP contribution in [0.2, 0.25) is 0 Å². The molecule has 1 aliphatic rings. The number of rotatable bonds is 9. The first-order valence-corrected chi connectivity index (χ1v) is 32.7. The van der Waals surface area contributed by atoms with Gasteiger partial charge in [0.15, 0.2) is 34.9 Å². The second-order valence-corrected chi connectivity index (χ2v) is 25.3. The average Bonchev–Trinajstić information content (AvgIpc) is 1.61. The molecule has 0 unspecified atom stereocenters. The van der Waals surface area contributed by atoms with Crippen LogP contribution in [-0.4, -0.2) is 29.9 Å². The lowest BCUT2D eigenvalue weighted by atomic mass is 9.82. The molecule has 0 amide bonds. The average molecular weight is 1240 g/mol. The van der Waals surface area contributed by atoms with Crippen LogP contribution in [0.15, 0.2) is 324 Å². The van der Waals surface area contributed by atoms with Gasteiger partial charge in [-0.25, -0.2) is 29.9 Å². The molecule has 0 bridgehead atoms. The topological polar surface area (TPSA) is 104 Å². The highest BCUT2D eigenvalue weighted by Gasteiger charge is 2.35. The van der Waals surface area contributed by atoms with Crippen molar-refractivity contribution in [3.8, 4) is 113 Å². The predicted molar refractivity (Wildman–Crippen MR) is 396 cm³/mol. The van der Waals surface area contributed by atoms with Crippen LogP contribution in [0, 0.1) is 0 Å². The van der Waals surface area contributed by atoms with Gasteiger partial charge in [0, 0.05) is 60.3 Å². The third-order valence-corrected chi connectivity index (χ3v) is 19.1. The minimum absolute atomic E-state index is 0.122. The SMILES string of the molecule is CC1(C)c2ccccc2-c2ccc(-c3nc(-c4ccccc4)nc(-c4cccc(-c5ccc6ccc7oc8ccccc8c7c6c5)c4)n3)cc21.c1ccc(-c2ccc(-c3nc(-c4ccccc4)nc(-c4cccc(-c5ccc6c(ccc7oc8ccccc8c76)c5)c4)n3)cc2)cc1. The molecular formula is C89H58N6O2. The summed E-state index contributed by atoms with van der Waals surface area (Å²) >= 11 is 0. The number of para-hydroxylation sites is 2. The van der Waals surface area contributed by atoms with Gasteiger partial charge in [-0.1, -0.05) is 275 Å². The highest BCUT2D eigenvalue weighted by molar-refractivity contribution is 6.20. The van der Waals surface area contributed by atoms with Gasteiger partial charge in [0.2, 0.25) is 0 Å². The van der Waals surface area contributed by atoms with Crippen molar-refractivity contribution in [2.24, 2.45) is 0 Å². The van der Waals surface area contributed by atoms with Crippen molar-refractivity contribution in [2.45, 2.75) is 19.3 Å². The first-order chi connectivity index (χ1) is 47.8. The van der Waals surface area contributed by atoms with E-state index in [2.05, 4.69) is 250 Å². The molecular weight excluding hydrogens is 1190 g/mol. The van der Waals surface area contributed by atoms with E-state index in [1.807, 2.05) is 78.9 Å². The minimum Gasteiger partial charge on any atom is -0.456 e. The van der Waals surface area contributed by atoms with E-state index in [9.17, 15) is 0 Å². The Morgan fingerprint density at radius 3 is 1.18 bits per heavy atom. The predicted octanol–water partition coefficient (Wildman–Crippen LogP) is 23.2. The van der Waals surface area contributed by atoms with E-state index < -0.39 is 0 Å². The van der Waals surface area contributed by atoms with E-state index in [1.165, 1.54) is 49.4 Å². The Balaban J connectivity index is 0.000000141. The molecule has 456 valence electrons. The zero-order chi connectivity index (χ0) is 64.6. The van der Waals surface area contributed by atoms with Crippen LogP contribution < -0.4 is 0 Å². The van der Waals surface area contributed by atoms with E-state index in [4.69, 9.17) is 38.7 Å². The quantitative estimate of drug-likeness (QED) is 0.141. The third-order valence-electron chi connectivity index (χ3n) is 19.1. The smallest absolute Gasteiger partial charge is 0.164 e. The summed E-state index contributed by atoms with van der Waals surface area (Å²) < 4.78 is 12.3. The highest BCUT2D eigenvalue weighted by Crippen LogP contribution is 2.50. The van der Waals surface area contributed by atoms with Crippen LogP contribution in [0.1, 0.15) is 25.0 Å². The molecule has 4 heterocycles. The summed E-state index contributed by atoms with van der Waals surface area (Å²) in [6, 6.07) is 110. The molecule has 97 heavy (non-hydrogen) atoms. The van der Waals surface area contributed by atoms with Crippen LogP contribution in [0.3, 0.4) is 0 Å². The summed E-state index contributed by atoms with van der Waals surface area (Å²) in [6.45, 7) is 4.60. The standard InChI is InChI=1S/C46H31N3O.C43H27N3O/c1-46(2)38-17-8-6-15-34(38)35-23-21-33(27-39(35)46)45-48-43(29-11-4-3-5-12-29)47-44(49-45)32-14-10-13-30(25-32)31-20-19-28-22-24-41-42(37(28)26-31)36-16-7-9-18-40(36)50-41;1-3-10-28(11-4-1)29-18-20-31(21-19-29)42-44-41(30-12-5-2-6-13-30)45-43(46-42)35-15-9-14-32(27-35)33-22-24-36-34(26-33)23-25-39-40(36)37-16-7-8-17-38(37)47-39/h3-27H,1-2H3;1-27H. The maximum atomic E-state index is 6.21. The highest BCUT2D eigenvalue weighted by atomic mass is 16.3. The van der Waals surface area contributed by atoms with Gasteiger partial charge in [-0.15, -0.1) is 0 Å². The zero-order valence-electron chi connectivity index (χ0n) is 53.0. The van der Waals surface area contributed by atoms with Crippen LogP contribution in [0.5, 0.6) is 0 Å². The fourth-order valence-electron chi connectivity index (χ4n) is 14.1. The molecule has 18 aromatic rings. The van der Waals surface area contributed by atoms with Crippen molar-refractivity contribution < 1.29 is 8.83 Å². The molecule has 0 aliphatic heterocycles. The summed E-state index contributed by atoms with van der Waals surface area (Å²) in [5, 5.41) is 9.26. The summed E-state index contributed by atoms with van der Waals surface area (Å²) in [5.41, 5.74) is 21.1. The first kappa shape index (κ1) is 56.9. The number of benzene rings is 14. The zero-order valence-corrected chi connectivity index (χ0v) is 53.0. The van der Waals surface area contributed by atoms with Gasteiger partial charge >= 0.3 is 0 Å². The molecule has 8 heteroatoms. The molecule has 0 fully saturated rings. The summed E-state index contributed by atoms with van der Waals surface area (Å²) in [7, 11) is 0. The van der Waals surface area contributed by atoms with E-state index >= 15 is 0 Å². The molecule has 14 aromatic carbocycles. The molecule has 0 atom stereocenters. The van der Waals surface area contributed by atoms with Crippen molar-refractivity contribution in [2.75, 3.05) is 0 Å². The summed E-state index contributed by atoms with van der Waals surface area (Å²) in [6.07, 6.45) is 0. The Kier molecular flexibility index (Phi) is 13.7. The van der Waals surface area contributed by atoms with Gasteiger partial charge in [-0.2, -0.15) is 0 Å². The number of aromatic nitrogens is 6. The Bertz CT molecular complexity index is 6100.